The number of nitriles is 1. The number of nitrogens with one attached hydrogen (secondary N) is 2. The number of hydrogen-bond donors (Lipinski definition) is 2. The number of halogens is 1. The normalized spacial score (nSPS) is 11.9. The van der Waals surface area contributed by atoms with Crippen LogP contribution in [0.1, 0.15) is 31.9 Å². The second-order valence-corrected chi connectivity index (χ2v) is 6.94. The Kier molecular flexibility index (Phi) is 7.19. The maximum Gasteiger partial charge on any atom is 0.191 e. The van der Waals surface area contributed by atoms with Crippen molar-refractivity contribution in [3.8, 4) is 6.07 Å². The first-order valence-electron chi connectivity index (χ1n) is 7.17. The third-order valence-corrected chi connectivity index (χ3v) is 4.41. The van der Waals surface area contributed by atoms with Crippen molar-refractivity contribution >= 4 is 17.7 Å². The minimum absolute atomic E-state index is 0.0855. The third kappa shape index (κ3) is 5.94. The zero-order valence-corrected chi connectivity index (χ0v) is 14.4. The van der Waals surface area contributed by atoms with Crippen molar-refractivity contribution in [1.29, 1.82) is 5.26 Å². The highest BCUT2D eigenvalue weighted by molar-refractivity contribution is 7.99. The quantitative estimate of drug-likeness (QED) is 0.624. The molecule has 0 bridgehead atoms. The minimum Gasteiger partial charge on any atom is -0.357 e. The van der Waals surface area contributed by atoms with Gasteiger partial charge in [0.15, 0.2) is 5.96 Å². The molecule has 0 radical (unpaired) electrons. The van der Waals surface area contributed by atoms with Crippen LogP contribution in [-0.4, -0.2) is 30.1 Å². The fourth-order valence-electron chi connectivity index (χ4n) is 1.64. The number of aliphatic imine (C=N–C) groups is 1. The maximum absolute atomic E-state index is 13.7. The molecule has 1 aromatic rings. The lowest BCUT2D eigenvalue weighted by atomic mass is 10.1. The molecule has 0 spiro atoms. The molecule has 1 aromatic carbocycles. The van der Waals surface area contributed by atoms with Crippen LogP contribution in [0.2, 0.25) is 0 Å². The minimum atomic E-state index is -0.344. The van der Waals surface area contributed by atoms with Crippen LogP contribution < -0.4 is 10.6 Å². The third-order valence-electron chi connectivity index (χ3n) is 3.16. The SMILES string of the molecule is CCNC(=NCc1cc(C#N)ccc1F)NCC(C)(C)SC. The van der Waals surface area contributed by atoms with Crippen LogP contribution in [0.15, 0.2) is 23.2 Å². The van der Waals surface area contributed by atoms with E-state index in [1.165, 1.54) is 18.2 Å². The zero-order valence-electron chi connectivity index (χ0n) is 13.5. The lowest BCUT2D eigenvalue weighted by Gasteiger charge is -2.23. The molecule has 0 aliphatic rings. The van der Waals surface area contributed by atoms with Gasteiger partial charge in [-0.15, -0.1) is 0 Å². The Balaban J connectivity index is 2.80. The van der Waals surface area contributed by atoms with E-state index in [1.54, 1.807) is 11.8 Å². The Morgan fingerprint density at radius 2 is 2.14 bits per heavy atom. The molecule has 0 unspecified atom stereocenters. The van der Waals surface area contributed by atoms with Gasteiger partial charge in [-0.05, 0) is 45.2 Å². The van der Waals surface area contributed by atoms with Gasteiger partial charge in [0, 0.05) is 23.4 Å². The van der Waals surface area contributed by atoms with E-state index in [-0.39, 0.29) is 17.1 Å². The Morgan fingerprint density at radius 3 is 2.73 bits per heavy atom. The first-order valence-corrected chi connectivity index (χ1v) is 8.40. The molecule has 6 heteroatoms. The van der Waals surface area contributed by atoms with Crippen LogP contribution in [-0.2, 0) is 6.54 Å². The van der Waals surface area contributed by atoms with Crippen LogP contribution in [0.4, 0.5) is 4.39 Å². The van der Waals surface area contributed by atoms with E-state index in [4.69, 9.17) is 5.26 Å². The topological polar surface area (TPSA) is 60.2 Å². The number of guanidine groups is 1. The highest BCUT2D eigenvalue weighted by Gasteiger charge is 2.16. The molecule has 1 rings (SSSR count). The van der Waals surface area contributed by atoms with Crippen molar-refractivity contribution in [2.24, 2.45) is 4.99 Å². The number of benzene rings is 1. The van der Waals surface area contributed by atoms with Crippen molar-refractivity contribution in [2.45, 2.75) is 32.1 Å². The Morgan fingerprint density at radius 1 is 1.41 bits per heavy atom. The largest absolute Gasteiger partial charge is 0.357 e. The molecule has 0 heterocycles. The van der Waals surface area contributed by atoms with Crippen LogP contribution >= 0.6 is 11.8 Å². The fraction of sp³-hybridized carbons (Fsp3) is 0.500. The number of rotatable bonds is 6. The molecule has 0 atom stereocenters. The molecule has 0 saturated carbocycles. The number of nitrogens with zero attached hydrogens (tertiary/aromatic N) is 2. The molecule has 120 valence electrons. The van der Waals surface area contributed by atoms with Gasteiger partial charge < -0.3 is 10.6 Å². The molecule has 4 nitrogen and oxygen atoms in total. The average Bonchev–Trinajstić information content (AvgIpc) is 2.51. The van der Waals surface area contributed by atoms with E-state index in [0.29, 0.717) is 17.1 Å². The Labute approximate surface area is 136 Å². The van der Waals surface area contributed by atoms with Crippen LogP contribution in [0, 0.1) is 17.1 Å². The van der Waals surface area contributed by atoms with Gasteiger partial charge >= 0.3 is 0 Å². The zero-order chi connectivity index (χ0) is 16.6. The van der Waals surface area contributed by atoms with Gasteiger partial charge in [-0.1, -0.05) is 0 Å². The summed E-state index contributed by atoms with van der Waals surface area (Å²) in [6.45, 7) is 7.94. The molecule has 0 fully saturated rings. The van der Waals surface area contributed by atoms with Gasteiger partial charge in [-0.25, -0.2) is 9.38 Å². The average molecular weight is 322 g/mol. The summed E-state index contributed by atoms with van der Waals surface area (Å²) < 4.78 is 13.8. The summed E-state index contributed by atoms with van der Waals surface area (Å²) in [4.78, 5) is 4.39. The molecule has 2 N–H and O–H groups in total. The van der Waals surface area contributed by atoms with Crippen LogP contribution in [0.5, 0.6) is 0 Å². The van der Waals surface area contributed by atoms with Gasteiger partial charge in [0.05, 0.1) is 18.2 Å². The summed E-state index contributed by atoms with van der Waals surface area (Å²) >= 11 is 1.77. The smallest absolute Gasteiger partial charge is 0.191 e. The second kappa shape index (κ2) is 8.64. The van der Waals surface area contributed by atoms with Gasteiger partial charge in [-0.3, -0.25) is 0 Å². The van der Waals surface area contributed by atoms with Crippen molar-refractivity contribution in [1.82, 2.24) is 10.6 Å². The van der Waals surface area contributed by atoms with E-state index in [2.05, 4.69) is 35.7 Å². The Bertz CT molecular complexity index is 564. The highest BCUT2D eigenvalue weighted by Crippen LogP contribution is 2.19. The molecular formula is C16H23FN4S. The first kappa shape index (κ1) is 18.3. The summed E-state index contributed by atoms with van der Waals surface area (Å²) in [6.07, 6.45) is 2.06. The first-order chi connectivity index (χ1) is 10.4. The van der Waals surface area contributed by atoms with E-state index >= 15 is 0 Å². The predicted octanol–water partition coefficient (Wildman–Crippen LogP) is 2.89. The van der Waals surface area contributed by atoms with Crippen molar-refractivity contribution < 1.29 is 4.39 Å². The fourth-order valence-corrected chi connectivity index (χ4v) is 1.86. The predicted molar refractivity (Wildman–Crippen MR) is 91.5 cm³/mol. The number of hydrogen-bond acceptors (Lipinski definition) is 3. The van der Waals surface area contributed by atoms with Crippen LogP contribution in [0.25, 0.3) is 0 Å². The van der Waals surface area contributed by atoms with E-state index in [0.717, 1.165) is 13.1 Å². The second-order valence-electron chi connectivity index (χ2n) is 5.43. The lowest BCUT2D eigenvalue weighted by molar-refractivity contribution is 0.609. The highest BCUT2D eigenvalue weighted by atomic mass is 32.2. The van der Waals surface area contributed by atoms with Crippen LogP contribution in [0.3, 0.4) is 0 Å². The number of thioether (sulfide) groups is 1. The van der Waals surface area contributed by atoms with E-state index in [1.807, 2.05) is 13.0 Å². The molecule has 0 amide bonds. The molecule has 0 aliphatic carbocycles. The Hall–Kier alpha value is -1.74. The summed E-state index contributed by atoms with van der Waals surface area (Å²) in [5.74, 6) is 0.300. The monoisotopic (exact) mass is 322 g/mol. The van der Waals surface area contributed by atoms with Crippen molar-refractivity contribution in [3.05, 3.63) is 35.1 Å². The molecular weight excluding hydrogens is 299 g/mol. The van der Waals surface area contributed by atoms with Gasteiger partial charge in [0.2, 0.25) is 0 Å². The standard InChI is InChI=1S/C16H23FN4S/c1-5-19-15(21-11-16(2,3)22-4)20-10-13-8-12(9-18)6-7-14(13)17/h6-8H,5,10-11H2,1-4H3,(H2,19,20,21). The maximum atomic E-state index is 13.7. The van der Waals surface area contributed by atoms with Gasteiger partial charge in [-0.2, -0.15) is 17.0 Å². The van der Waals surface area contributed by atoms with Crippen molar-refractivity contribution in [3.63, 3.8) is 0 Å². The van der Waals surface area contributed by atoms with E-state index in [9.17, 15) is 4.39 Å². The summed E-state index contributed by atoms with van der Waals surface area (Å²) in [5.41, 5.74) is 0.855. The summed E-state index contributed by atoms with van der Waals surface area (Å²) in [6, 6.07) is 6.32. The molecule has 0 aromatic heterocycles. The molecule has 22 heavy (non-hydrogen) atoms. The molecule has 0 saturated heterocycles. The van der Waals surface area contributed by atoms with E-state index < -0.39 is 0 Å². The summed E-state index contributed by atoms with van der Waals surface area (Å²) in [7, 11) is 0. The van der Waals surface area contributed by atoms with Gasteiger partial charge in [0.25, 0.3) is 0 Å². The summed E-state index contributed by atoms with van der Waals surface area (Å²) in [5, 5.41) is 15.3. The van der Waals surface area contributed by atoms with Crippen molar-refractivity contribution in [2.75, 3.05) is 19.3 Å². The molecule has 0 aliphatic heterocycles. The van der Waals surface area contributed by atoms with Gasteiger partial charge in [0.1, 0.15) is 5.82 Å². The lowest BCUT2D eigenvalue weighted by Crippen LogP contribution is -2.43.